The highest BCUT2D eigenvalue weighted by Gasteiger charge is 2.23. The monoisotopic (exact) mass is 314 g/mol. The van der Waals surface area contributed by atoms with Crippen LogP contribution in [-0.2, 0) is 9.84 Å². The van der Waals surface area contributed by atoms with Crippen LogP contribution < -0.4 is 0 Å². The van der Waals surface area contributed by atoms with Crippen molar-refractivity contribution in [1.82, 2.24) is 19.7 Å². The SMILES string of the molecule is C=CCN(CCC)C(=O)n1cnc(S(=O)(=O)CC(C)C)n1. The summed E-state index contributed by atoms with van der Waals surface area (Å²) in [7, 11) is -3.56. The molecule has 118 valence electrons. The van der Waals surface area contributed by atoms with Crippen molar-refractivity contribution in [2.24, 2.45) is 5.92 Å². The molecule has 0 aliphatic rings. The fourth-order valence-corrected chi connectivity index (χ4v) is 3.28. The largest absolute Gasteiger partial charge is 0.346 e. The van der Waals surface area contributed by atoms with Gasteiger partial charge in [-0.05, 0) is 12.3 Å². The van der Waals surface area contributed by atoms with Gasteiger partial charge in [0.2, 0.25) is 9.84 Å². The molecule has 0 N–H and O–H groups in total. The van der Waals surface area contributed by atoms with E-state index in [-0.39, 0.29) is 16.8 Å². The molecule has 0 radical (unpaired) electrons. The smallest absolute Gasteiger partial charge is 0.319 e. The average molecular weight is 314 g/mol. The molecule has 1 aromatic heterocycles. The summed E-state index contributed by atoms with van der Waals surface area (Å²) in [6.45, 7) is 10.1. The number of carbonyl (C=O) groups excluding carboxylic acids is 1. The summed E-state index contributed by atoms with van der Waals surface area (Å²) in [5.41, 5.74) is 0. The molecule has 0 bridgehead atoms. The summed E-state index contributed by atoms with van der Waals surface area (Å²) < 4.78 is 25.0. The lowest BCUT2D eigenvalue weighted by Gasteiger charge is -2.19. The first kappa shape index (κ1) is 17.4. The topological polar surface area (TPSA) is 85.2 Å². The number of carbonyl (C=O) groups is 1. The molecule has 1 amide bonds. The molecular formula is C13H22N4O3S. The molecule has 0 aromatic carbocycles. The van der Waals surface area contributed by atoms with Crippen LogP contribution in [-0.4, -0.2) is 53.0 Å². The predicted molar refractivity (Wildman–Crippen MR) is 79.8 cm³/mol. The van der Waals surface area contributed by atoms with Crippen molar-refractivity contribution in [1.29, 1.82) is 0 Å². The lowest BCUT2D eigenvalue weighted by atomic mass is 10.3. The Morgan fingerprint density at radius 1 is 1.52 bits per heavy atom. The van der Waals surface area contributed by atoms with Gasteiger partial charge < -0.3 is 4.90 Å². The van der Waals surface area contributed by atoms with E-state index in [4.69, 9.17) is 0 Å². The van der Waals surface area contributed by atoms with Crippen LogP contribution in [0.4, 0.5) is 4.79 Å². The second-order valence-electron chi connectivity index (χ2n) is 5.16. The molecule has 0 unspecified atom stereocenters. The Bertz CT molecular complexity index is 592. The van der Waals surface area contributed by atoms with E-state index in [2.05, 4.69) is 16.7 Å². The maximum atomic E-state index is 12.2. The van der Waals surface area contributed by atoms with Crippen molar-refractivity contribution < 1.29 is 13.2 Å². The highest BCUT2D eigenvalue weighted by atomic mass is 32.2. The molecule has 1 heterocycles. The molecule has 0 fully saturated rings. The highest BCUT2D eigenvalue weighted by molar-refractivity contribution is 7.91. The van der Waals surface area contributed by atoms with Gasteiger partial charge in [0.05, 0.1) is 5.75 Å². The van der Waals surface area contributed by atoms with Crippen LogP contribution in [0, 0.1) is 5.92 Å². The first-order valence-corrected chi connectivity index (χ1v) is 8.51. The normalized spacial score (nSPS) is 11.6. The molecule has 0 atom stereocenters. The zero-order valence-corrected chi connectivity index (χ0v) is 13.5. The number of hydrogen-bond acceptors (Lipinski definition) is 5. The highest BCUT2D eigenvalue weighted by Crippen LogP contribution is 2.09. The zero-order chi connectivity index (χ0) is 16.0. The van der Waals surface area contributed by atoms with Gasteiger partial charge in [0.25, 0.3) is 5.16 Å². The standard InChI is InChI=1S/C13H22N4O3S/c1-5-7-16(8-6-2)13(18)17-10-14-12(15-17)21(19,20)9-11(3)4/h5,10-11H,1,6-9H2,2-4H3. The van der Waals surface area contributed by atoms with Gasteiger partial charge in [-0.1, -0.05) is 26.8 Å². The van der Waals surface area contributed by atoms with Crippen molar-refractivity contribution in [2.45, 2.75) is 32.3 Å². The molecule has 0 aliphatic heterocycles. The van der Waals surface area contributed by atoms with Crippen molar-refractivity contribution >= 4 is 15.9 Å². The molecular weight excluding hydrogens is 292 g/mol. The Kier molecular flexibility index (Phi) is 6.07. The van der Waals surface area contributed by atoms with Crippen molar-refractivity contribution in [3.63, 3.8) is 0 Å². The lowest BCUT2D eigenvalue weighted by Crippen LogP contribution is -2.35. The minimum Gasteiger partial charge on any atom is -0.319 e. The Morgan fingerprint density at radius 2 is 2.19 bits per heavy atom. The Balaban J connectivity index is 2.96. The number of amides is 1. The maximum absolute atomic E-state index is 12.2. The van der Waals surface area contributed by atoms with E-state index in [1.807, 2.05) is 6.92 Å². The summed E-state index contributed by atoms with van der Waals surface area (Å²) >= 11 is 0. The quantitative estimate of drug-likeness (QED) is 0.713. The van der Waals surface area contributed by atoms with E-state index in [9.17, 15) is 13.2 Å². The van der Waals surface area contributed by atoms with E-state index < -0.39 is 15.9 Å². The van der Waals surface area contributed by atoms with Crippen LogP contribution in [0.1, 0.15) is 27.2 Å². The summed E-state index contributed by atoms with van der Waals surface area (Å²) in [4.78, 5) is 17.5. The third-order valence-electron chi connectivity index (χ3n) is 2.61. The van der Waals surface area contributed by atoms with E-state index >= 15 is 0 Å². The first-order valence-electron chi connectivity index (χ1n) is 6.86. The fourth-order valence-electron chi connectivity index (χ4n) is 1.83. The molecule has 0 spiro atoms. The van der Waals surface area contributed by atoms with Gasteiger partial charge in [-0.25, -0.2) is 18.2 Å². The second kappa shape index (κ2) is 7.35. The van der Waals surface area contributed by atoms with E-state index in [0.29, 0.717) is 13.1 Å². The van der Waals surface area contributed by atoms with Gasteiger partial charge in [0, 0.05) is 13.1 Å². The number of nitrogens with zero attached hydrogens (tertiary/aromatic N) is 4. The predicted octanol–water partition coefficient (Wildman–Crippen LogP) is 1.57. The minimum atomic E-state index is -3.56. The number of aromatic nitrogens is 3. The molecule has 21 heavy (non-hydrogen) atoms. The number of sulfone groups is 1. The summed E-state index contributed by atoms with van der Waals surface area (Å²) in [6, 6.07) is -0.407. The molecule has 1 rings (SSSR count). The van der Waals surface area contributed by atoms with Gasteiger partial charge >= 0.3 is 6.03 Å². The Morgan fingerprint density at radius 3 is 2.71 bits per heavy atom. The lowest BCUT2D eigenvalue weighted by molar-refractivity contribution is 0.201. The Labute approximate surface area is 125 Å². The molecule has 7 nitrogen and oxygen atoms in total. The van der Waals surface area contributed by atoms with Crippen LogP contribution >= 0.6 is 0 Å². The van der Waals surface area contributed by atoms with Crippen LogP contribution in [0.25, 0.3) is 0 Å². The van der Waals surface area contributed by atoms with Crippen molar-refractivity contribution in [3.05, 3.63) is 19.0 Å². The second-order valence-corrected chi connectivity index (χ2v) is 7.09. The van der Waals surface area contributed by atoms with Gasteiger partial charge in [0.15, 0.2) is 0 Å². The van der Waals surface area contributed by atoms with E-state index in [1.54, 1.807) is 19.9 Å². The molecule has 8 heteroatoms. The summed E-state index contributed by atoms with van der Waals surface area (Å²) in [6.07, 6.45) is 3.54. The summed E-state index contributed by atoms with van der Waals surface area (Å²) in [5.74, 6) is -0.0775. The molecule has 1 aromatic rings. The van der Waals surface area contributed by atoms with E-state index in [0.717, 1.165) is 17.4 Å². The summed E-state index contributed by atoms with van der Waals surface area (Å²) in [5, 5.41) is 3.51. The first-order chi connectivity index (χ1) is 9.81. The van der Waals surface area contributed by atoms with Gasteiger partial charge in [-0.3, -0.25) is 0 Å². The Hall–Kier alpha value is -1.70. The van der Waals surface area contributed by atoms with Crippen molar-refractivity contribution in [2.75, 3.05) is 18.8 Å². The van der Waals surface area contributed by atoms with Crippen LogP contribution in [0.5, 0.6) is 0 Å². The van der Waals surface area contributed by atoms with Gasteiger partial charge in [-0.2, -0.15) is 4.68 Å². The van der Waals surface area contributed by atoms with Gasteiger partial charge in [0.1, 0.15) is 6.33 Å². The van der Waals surface area contributed by atoms with Crippen molar-refractivity contribution in [3.8, 4) is 0 Å². The molecule has 0 aliphatic carbocycles. The fraction of sp³-hybridized carbons (Fsp3) is 0.615. The maximum Gasteiger partial charge on any atom is 0.346 e. The number of hydrogen-bond donors (Lipinski definition) is 0. The van der Waals surface area contributed by atoms with Crippen LogP contribution in [0.2, 0.25) is 0 Å². The minimum absolute atomic E-state index is 0.0324. The average Bonchev–Trinajstić information content (AvgIpc) is 2.86. The van der Waals surface area contributed by atoms with Crippen LogP contribution in [0.15, 0.2) is 24.1 Å². The zero-order valence-electron chi connectivity index (χ0n) is 12.7. The third-order valence-corrected chi connectivity index (χ3v) is 4.46. The van der Waals surface area contributed by atoms with Gasteiger partial charge in [-0.15, -0.1) is 11.7 Å². The van der Waals surface area contributed by atoms with E-state index in [1.165, 1.54) is 4.90 Å². The third kappa shape index (κ3) is 4.66. The molecule has 0 saturated heterocycles. The van der Waals surface area contributed by atoms with Crippen LogP contribution in [0.3, 0.4) is 0 Å². The molecule has 0 saturated carbocycles. The number of rotatable bonds is 7.